The third-order valence-corrected chi connectivity index (χ3v) is 3.09. The molecule has 3 heterocycles. The molecule has 2 aromatic heterocycles. The summed E-state index contributed by atoms with van der Waals surface area (Å²) in [7, 11) is 0. The van der Waals surface area contributed by atoms with Gasteiger partial charge in [0.05, 0.1) is 0 Å². The molecule has 0 aromatic carbocycles. The van der Waals surface area contributed by atoms with Gasteiger partial charge in [-0.15, -0.1) is 5.10 Å². The standard InChI is InChI=1S/C11H13ClN4O/c12-11-14-10(9-2-1-5-16(9)15-11)13-8-3-6-17-7-4-8/h1-2,5,8H,3-4,6-7H2,(H,13,14,15). The van der Waals surface area contributed by atoms with Crippen LogP contribution in [0.25, 0.3) is 5.52 Å². The predicted molar refractivity (Wildman–Crippen MR) is 65.5 cm³/mol. The second-order valence-electron chi connectivity index (χ2n) is 4.10. The van der Waals surface area contributed by atoms with E-state index in [1.54, 1.807) is 4.52 Å². The van der Waals surface area contributed by atoms with Crippen molar-refractivity contribution in [3.05, 3.63) is 23.6 Å². The first-order chi connectivity index (χ1) is 8.33. The third kappa shape index (κ3) is 2.21. The molecule has 0 atom stereocenters. The van der Waals surface area contributed by atoms with E-state index in [-0.39, 0.29) is 5.28 Å². The Morgan fingerprint density at radius 2 is 2.24 bits per heavy atom. The van der Waals surface area contributed by atoms with E-state index < -0.39 is 0 Å². The van der Waals surface area contributed by atoms with Crippen molar-refractivity contribution in [2.24, 2.45) is 0 Å². The fourth-order valence-electron chi connectivity index (χ4n) is 2.05. The second-order valence-corrected chi connectivity index (χ2v) is 4.44. The van der Waals surface area contributed by atoms with Crippen molar-refractivity contribution < 1.29 is 4.74 Å². The van der Waals surface area contributed by atoms with E-state index >= 15 is 0 Å². The fourth-order valence-corrected chi connectivity index (χ4v) is 2.22. The summed E-state index contributed by atoms with van der Waals surface area (Å²) in [6.07, 6.45) is 3.85. The molecular weight excluding hydrogens is 240 g/mol. The average molecular weight is 253 g/mol. The number of halogens is 1. The van der Waals surface area contributed by atoms with Gasteiger partial charge in [-0.3, -0.25) is 0 Å². The first kappa shape index (κ1) is 10.8. The highest BCUT2D eigenvalue weighted by Gasteiger charge is 2.16. The van der Waals surface area contributed by atoms with Crippen molar-refractivity contribution >= 4 is 22.9 Å². The Kier molecular flexibility index (Phi) is 2.86. The molecule has 3 rings (SSSR count). The number of hydrogen-bond donors (Lipinski definition) is 1. The third-order valence-electron chi connectivity index (χ3n) is 2.93. The number of nitrogens with one attached hydrogen (secondary N) is 1. The van der Waals surface area contributed by atoms with Crippen LogP contribution in [-0.2, 0) is 4.74 Å². The number of nitrogens with zero attached hydrogens (tertiary/aromatic N) is 3. The lowest BCUT2D eigenvalue weighted by Gasteiger charge is -2.23. The molecule has 0 amide bonds. The summed E-state index contributed by atoms with van der Waals surface area (Å²) in [6.45, 7) is 1.60. The lowest BCUT2D eigenvalue weighted by Crippen LogP contribution is -2.28. The minimum Gasteiger partial charge on any atom is -0.381 e. The minimum atomic E-state index is 0.253. The SMILES string of the molecule is Clc1nc(NC2CCOCC2)c2cccn2n1. The Morgan fingerprint density at radius 3 is 3.06 bits per heavy atom. The highest BCUT2D eigenvalue weighted by atomic mass is 35.5. The molecule has 0 spiro atoms. The minimum absolute atomic E-state index is 0.253. The van der Waals surface area contributed by atoms with Gasteiger partial charge < -0.3 is 10.1 Å². The number of ether oxygens (including phenoxy) is 1. The van der Waals surface area contributed by atoms with Crippen LogP contribution in [0.5, 0.6) is 0 Å². The topological polar surface area (TPSA) is 51.5 Å². The molecule has 5 nitrogen and oxygen atoms in total. The van der Waals surface area contributed by atoms with Crippen LogP contribution in [0.15, 0.2) is 18.3 Å². The molecule has 1 aliphatic heterocycles. The van der Waals surface area contributed by atoms with E-state index in [1.165, 1.54) is 0 Å². The number of aromatic nitrogens is 3. The average Bonchev–Trinajstić information content (AvgIpc) is 2.78. The summed E-state index contributed by atoms with van der Waals surface area (Å²) in [5.41, 5.74) is 0.945. The molecule has 6 heteroatoms. The molecule has 1 N–H and O–H groups in total. The smallest absolute Gasteiger partial charge is 0.243 e. The largest absolute Gasteiger partial charge is 0.381 e. The van der Waals surface area contributed by atoms with Gasteiger partial charge in [0.15, 0.2) is 5.82 Å². The molecule has 0 radical (unpaired) electrons. The summed E-state index contributed by atoms with van der Waals surface area (Å²) in [6, 6.07) is 4.29. The number of hydrogen-bond acceptors (Lipinski definition) is 4. The van der Waals surface area contributed by atoms with Crippen LogP contribution in [0.2, 0.25) is 5.28 Å². The first-order valence-electron chi connectivity index (χ1n) is 5.68. The predicted octanol–water partition coefficient (Wildman–Crippen LogP) is 1.97. The van der Waals surface area contributed by atoms with Crippen molar-refractivity contribution in [1.82, 2.24) is 14.6 Å². The molecule has 0 bridgehead atoms. The van der Waals surface area contributed by atoms with Gasteiger partial charge in [-0.05, 0) is 36.6 Å². The molecule has 1 saturated heterocycles. The van der Waals surface area contributed by atoms with Gasteiger partial charge in [0, 0.05) is 25.5 Å². The Hall–Kier alpha value is -1.33. The van der Waals surface area contributed by atoms with Crippen LogP contribution in [0, 0.1) is 0 Å². The van der Waals surface area contributed by atoms with E-state index in [9.17, 15) is 0 Å². The normalized spacial score (nSPS) is 17.5. The molecule has 17 heavy (non-hydrogen) atoms. The van der Waals surface area contributed by atoms with E-state index in [4.69, 9.17) is 16.3 Å². The van der Waals surface area contributed by atoms with Crippen LogP contribution in [-0.4, -0.2) is 33.9 Å². The maximum absolute atomic E-state index is 5.89. The van der Waals surface area contributed by atoms with E-state index in [0.29, 0.717) is 6.04 Å². The van der Waals surface area contributed by atoms with Crippen LogP contribution in [0.4, 0.5) is 5.82 Å². The van der Waals surface area contributed by atoms with Crippen LogP contribution in [0.3, 0.4) is 0 Å². The van der Waals surface area contributed by atoms with Crippen LogP contribution >= 0.6 is 11.6 Å². The van der Waals surface area contributed by atoms with Crippen LogP contribution in [0.1, 0.15) is 12.8 Å². The van der Waals surface area contributed by atoms with Gasteiger partial charge in [0.1, 0.15) is 5.52 Å². The van der Waals surface area contributed by atoms with Crippen molar-refractivity contribution in [2.75, 3.05) is 18.5 Å². The molecule has 90 valence electrons. The number of rotatable bonds is 2. The molecule has 0 aliphatic carbocycles. The summed E-state index contributed by atoms with van der Waals surface area (Å²) in [5.74, 6) is 0.793. The fraction of sp³-hybridized carbons (Fsp3) is 0.455. The molecule has 0 unspecified atom stereocenters. The molecule has 0 saturated carbocycles. The highest BCUT2D eigenvalue weighted by Crippen LogP contribution is 2.19. The van der Waals surface area contributed by atoms with Crippen molar-refractivity contribution in [3.8, 4) is 0 Å². The Labute approximate surface area is 104 Å². The molecule has 2 aromatic rings. The van der Waals surface area contributed by atoms with Crippen molar-refractivity contribution in [3.63, 3.8) is 0 Å². The van der Waals surface area contributed by atoms with Gasteiger partial charge in [-0.25, -0.2) is 4.52 Å². The van der Waals surface area contributed by atoms with Crippen molar-refractivity contribution in [1.29, 1.82) is 0 Å². The summed E-state index contributed by atoms with van der Waals surface area (Å²) in [4.78, 5) is 4.25. The Balaban J connectivity index is 1.90. The van der Waals surface area contributed by atoms with Gasteiger partial charge in [0.2, 0.25) is 5.28 Å². The zero-order valence-electron chi connectivity index (χ0n) is 9.27. The van der Waals surface area contributed by atoms with Gasteiger partial charge >= 0.3 is 0 Å². The van der Waals surface area contributed by atoms with Gasteiger partial charge in [-0.1, -0.05) is 0 Å². The van der Waals surface area contributed by atoms with Gasteiger partial charge in [-0.2, -0.15) is 4.98 Å². The summed E-state index contributed by atoms with van der Waals surface area (Å²) >= 11 is 5.89. The Morgan fingerprint density at radius 1 is 1.41 bits per heavy atom. The summed E-state index contributed by atoms with van der Waals surface area (Å²) in [5, 5.41) is 7.76. The zero-order valence-corrected chi connectivity index (χ0v) is 10.0. The lowest BCUT2D eigenvalue weighted by atomic mass is 10.1. The molecule has 1 fully saturated rings. The Bertz CT molecular complexity index is 521. The summed E-state index contributed by atoms with van der Waals surface area (Å²) < 4.78 is 7.06. The van der Waals surface area contributed by atoms with Crippen molar-refractivity contribution in [2.45, 2.75) is 18.9 Å². The highest BCUT2D eigenvalue weighted by molar-refractivity contribution is 6.28. The van der Waals surface area contributed by atoms with Crippen LogP contribution < -0.4 is 5.32 Å². The number of anilines is 1. The number of fused-ring (bicyclic) bond motifs is 1. The molecular formula is C11H13ClN4O. The zero-order chi connectivity index (χ0) is 11.7. The monoisotopic (exact) mass is 252 g/mol. The van der Waals surface area contributed by atoms with E-state index in [2.05, 4.69) is 15.4 Å². The maximum atomic E-state index is 5.89. The quantitative estimate of drug-likeness (QED) is 0.888. The van der Waals surface area contributed by atoms with Gasteiger partial charge in [0.25, 0.3) is 0 Å². The van der Waals surface area contributed by atoms with E-state index in [0.717, 1.165) is 37.4 Å². The maximum Gasteiger partial charge on any atom is 0.243 e. The van der Waals surface area contributed by atoms with E-state index in [1.807, 2.05) is 18.3 Å². The first-order valence-corrected chi connectivity index (χ1v) is 6.06. The second kappa shape index (κ2) is 4.50. The lowest BCUT2D eigenvalue weighted by molar-refractivity contribution is 0.0904. The molecule has 1 aliphatic rings.